The molecule has 0 unspecified atom stereocenters. The molecule has 2 aromatic rings. The fourth-order valence-corrected chi connectivity index (χ4v) is 6.21. The van der Waals surface area contributed by atoms with Crippen LogP contribution in [0.3, 0.4) is 0 Å². The maximum absolute atomic E-state index is 2.41. The first-order valence-corrected chi connectivity index (χ1v) is 9.21. The van der Waals surface area contributed by atoms with Crippen molar-refractivity contribution in [2.75, 3.05) is 0 Å². The van der Waals surface area contributed by atoms with Crippen LogP contribution in [0.2, 0.25) is 0 Å². The minimum atomic E-state index is 1.34. The summed E-state index contributed by atoms with van der Waals surface area (Å²) in [4.78, 5) is 2.78. The van der Waals surface area contributed by atoms with Crippen molar-refractivity contribution in [1.82, 2.24) is 0 Å². The summed E-state index contributed by atoms with van der Waals surface area (Å²) >= 11 is 8.57. The predicted molar refractivity (Wildman–Crippen MR) is 99.7 cm³/mol. The molecule has 0 aromatic heterocycles. The number of benzene rings is 2. The Balaban J connectivity index is 2.20. The number of hydrogen-bond donors (Lipinski definition) is 0. The molecular formula is C14H6I2S2. The summed E-state index contributed by atoms with van der Waals surface area (Å²) < 4.78 is 2.69. The SMILES string of the molecule is IC1=Cc2ccc3c4c(ccc(c24)S1)C=C(I)S3. The molecule has 0 saturated carbocycles. The van der Waals surface area contributed by atoms with Gasteiger partial charge in [0, 0.05) is 20.6 Å². The normalized spacial score (nSPS) is 16.6. The van der Waals surface area contributed by atoms with Gasteiger partial charge in [-0.05, 0) is 80.6 Å². The van der Waals surface area contributed by atoms with Crippen LogP contribution in [0.5, 0.6) is 0 Å². The highest BCUT2D eigenvalue weighted by atomic mass is 127. The Kier molecular flexibility index (Phi) is 2.98. The molecule has 0 N–H and O–H groups in total. The van der Waals surface area contributed by atoms with Crippen LogP contribution in [0, 0.1) is 0 Å². The average Bonchev–Trinajstić information content (AvgIpc) is 2.34. The maximum Gasteiger partial charge on any atom is 0.0512 e. The average molecular weight is 492 g/mol. The molecule has 0 saturated heterocycles. The van der Waals surface area contributed by atoms with E-state index in [2.05, 4.69) is 81.6 Å². The summed E-state index contributed by atoms with van der Waals surface area (Å²) in [5.41, 5.74) is 2.72. The molecule has 0 atom stereocenters. The molecule has 2 heterocycles. The standard InChI is InChI=1S/C14H6I2S2/c15-11-5-7-1-3-9-14-8(6-12(16)17-9)2-4-10(18-11)13(7)14/h1-6H. The fraction of sp³-hybridized carbons (Fsp3) is 0. The van der Waals surface area contributed by atoms with Crippen LogP contribution in [0.1, 0.15) is 11.1 Å². The van der Waals surface area contributed by atoms with Crippen molar-refractivity contribution < 1.29 is 0 Å². The predicted octanol–water partition coefficient (Wildman–Crippen LogP) is 6.52. The molecule has 88 valence electrons. The highest BCUT2D eigenvalue weighted by Gasteiger charge is 2.20. The van der Waals surface area contributed by atoms with E-state index >= 15 is 0 Å². The molecule has 0 nitrogen and oxygen atoms in total. The molecule has 2 aliphatic rings. The molecule has 0 bridgehead atoms. The Labute approximate surface area is 141 Å². The van der Waals surface area contributed by atoms with E-state index in [4.69, 9.17) is 0 Å². The molecule has 0 radical (unpaired) electrons. The largest absolute Gasteiger partial charge is 0.0827 e. The summed E-state index contributed by atoms with van der Waals surface area (Å²) in [5, 5.41) is 2.87. The summed E-state index contributed by atoms with van der Waals surface area (Å²) in [6, 6.07) is 9.03. The van der Waals surface area contributed by atoms with Gasteiger partial charge in [0.05, 0.1) is 5.82 Å². The molecule has 4 rings (SSSR count). The second-order valence-corrected chi connectivity index (χ2v) is 10.1. The van der Waals surface area contributed by atoms with Crippen LogP contribution in [0.15, 0.2) is 39.9 Å². The zero-order valence-corrected chi connectivity index (χ0v) is 15.0. The zero-order valence-electron chi connectivity index (χ0n) is 9.04. The van der Waals surface area contributed by atoms with Crippen LogP contribution in [-0.2, 0) is 0 Å². The van der Waals surface area contributed by atoms with Crippen molar-refractivity contribution in [2.24, 2.45) is 0 Å². The van der Waals surface area contributed by atoms with Crippen LogP contribution in [-0.4, -0.2) is 0 Å². The monoisotopic (exact) mass is 492 g/mol. The third-order valence-electron chi connectivity index (χ3n) is 3.10. The minimum Gasteiger partial charge on any atom is -0.0827 e. The van der Waals surface area contributed by atoms with Crippen molar-refractivity contribution in [2.45, 2.75) is 9.79 Å². The van der Waals surface area contributed by atoms with Crippen molar-refractivity contribution >= 4 is 91.6 Å². The second kappa shape index (κ2) is 4.43. The molecule has 4 heteroatoms. The lowest BCUT2D eigenvalue weighted by atomic mass is 9.99. The summed E-state index contributed by atoms with van der Waals surface area (Å²) in [6.45, 7) is 0. The van der Waals surface area contributed by atoms with E-state index in [9.17, 15) is 0 Å². The van der Waals surface area contributed by atoms with Gasteiger partial charge in [0.25, 0.3) is 0 Å². The first kappa shape index (κ1) is 12.1. The fourth-order valence-electron chi connectivity index (χ4n) is 2.41. The van der Waals surface area contributed by atoms with Crippen molar-refractivity contribution in [3.8, 4) is 0 Å². The zero-order chi connectivity index (χ0) is 12.3. The Bertz CT molecular complexity index is 695. The highest BCUT2D eigenvalue weighted by molar-refractivity contribution is 14.1. The molecular weight excluding hydrogens is 486 g/mol. The first-order valence-electron chi connectivity index (χ1n) is 5.42. The van der Waals surface area contributed by atoms with E-state index in [-0.39, 0.29) is 0 Å². The number of halogens is 2. The van der Waals surface area contributed by atoms with Gasteiger partial charge >= 0.3 is 0 Å². The molecule has 0 amide bonds. The topological polar surface area (TPSA) is 0 Å². The van der Waals surface area contributed by atoms with E-state index in [1.54, 1.807) is 0 Å². The van der Waals surface area contributed by atoms with Crippen molar-refractivity contribution in [3.63, 3.8) is 0 Å². The lowest BCUT2D eigenvalue weighted by Gasteiger charge is -2.20. The van der Waals surface area contributed by atoms with Crippen LogP contribution < -0.4 is 0 Å². The first-order chi connectivity index (χ1) is 8.72. The van der Waals surface area contributed by atoms with Crippen LogP contribution in [0.25, 0.3) is 22.9 Å². The van der Waals surface area contributed by atoms with Crippen molar-refractivity contribution in [3.05, 3.63) is 41.2 Å². The van der Waals surface area contributed by atoms with Gasteiger partial charge in [-0.1, -0.05) is 35.7 Å². The number of thioether (sulfide) groups is 2. The minimum absolute atomic E-state index is 1.34. The Hall–Kier alpha value is 0.340. The Morgan fingerprint density at radius 2 is 1.11 bits per heavy atom. The number of rotatable bonds is 0. The van der Waals surface area contributed by atoms with Gasteiger partial charge in [-0.25, -0.2) is 0 Å². The Morgan fingerprint density at radius 1 is 0.667 bits per heavy atom. The highest BCUT2D eigenvalue weighted by Crippen LogP contribution is 2.50. The van der Waals surface area contributed by atoms with Gasteiger partial charge in [-0.2, -0.15) is 0 Å². The van der Waals surface area contributed by atoms with Crippen LogP contribution >= 0.6 is 68.7 Å². The van der Waals surface area contributed by atoms with Gasteiger partial charge < -0.3 is 0 Å². The van der Waals surface area contributed by atoms with Gasteiger partial charge in [0.1, 0.15) is 0 Å². The quantitative estimate of drug-likeness (QED) is 0.385. The molecule has 18 heavy (non-hydrogen) atoms. The Morgan fingerprint density at radius 3 is 1.56 bits per heavy atom. The lowest BCUT2D eigenvalue weighted by Crippen LogP contribution is -1.94. The van der Waals surface area contributed by atoms with E-state index < -0.39 is 0 Å². The van der Waals surface area contributed by atoms with E-state index in [1.165, 1.54) is 37.5 Å². The third kappa shape index (κ3) is 1.79. The maximum atomic E-state index is 2.41. The summed E-state index contributed by atoms with van der Waals surface area (Å²) in [5.74, 6) is 0. The third-order valence-corrected chi connectivity index (χ3v) is 6.79. The van der Waals surface area contributed by atoms with Crippen LogP contribution in [0.4, 0.5) is 0 Å². The lowest BCUT2D eigenvalue weighted by molar-refractivity contribution is 1.45. The van der Waals surface area contributed by atoms with E-state index in [0.29, 0.717) is 0 Å². The van der Waals surface area contributed by atoms with Gasteiger partial charge in [-0.3, -0.25) is 0 Å². The smallest absolute Gasteiger partial charge is 0.0512 e. The summed E-state index contributed by atoms with van der Waals surface area (Å²) in [6.07, 6.45) is 4.57. The molecule has 0 spiro atoms. The van der Waals surface area contributed by atoms with Gasteiger partial charge in [0.2, 0.25) is 0 Å². The molecule has 2 aliphatic heterocycles. The molecule has 0 aliphatic carbocycles. The van der Waals surface area contributed by atoms with Crippen molar-refractivity contribution in [1.29, 1.82) is 0 Å². The van der Waals surface area contributed by atoms with Gasteiger partial charge in [-0.15, -0.1) is 0 Å². The van der Waals surface area contributed by atoms with E-state index in [1.807, 2.05) is 23.5 Å². The molecule has 0 fully saturated rings. The second-order valence-electron chi connectivity index (χ2n) is 4.16. The van der Waals surface area contributed by atoms with E-state index in [0.717, 1.165) is 0 Å². The summed E-state index contributed by atoms with van der Waals surface area (Å²) in [7, 11) is 0. The van der Waals surface area contributed by atoms with Gasteiger partial charge in [0.15, 0.2) is 0 Å². The number of hydrogen-bond acceptors (Lipinski definition) is 2. The molecule has 2 aromatic carbocycles.